The van der Waals surface area contributed by atoms with Crippen LogP contribution in [0.15, 0.2) is 30.3 Å². The van der Waals surface area contributed by atoms with E-state index in [2.05, 4.69) is 5.10 Å². The minimum Gasteiger partial charge on any atom is -0.543 e. The highest BCUT2D eigenvalue weighted by Gasteiger charge is 2.26. The van der Waals surface area contributed by atoms with Crippen LogP contribution in [0.25, 0.3) is 0 Å². The molecule has 21 heavy (non-hydrogen) atoms. The van der Waals surface area contributed by atoms with Gasteiger partial charge in [-0.25, -0.2) is 0 Å². The normalized spacial score (nSPS) is 14.1. The van der Waals surface area contributed by atoms with Crippen LogP contribution in [0.5, 0.6) is 0 Å². The molecule has 1 aliphatic heterocycles. The summed E-state index contributed by atoms with van der Waals surface area (Å²) in [5.74, 6) is -1.65. The largest absolute Gasteiger partial charge is 0.543 e. The van der Waals surface area contributed by atoms with Crippen LogP contribution in [0.2, 0.25) is 5.02 Å². The number of hydrogen-bond acceptors (Lipinski definition) is 4. The number of carboxylic acids is 1. The molecule has 0 bridgehead atoms. The third-order valence-corrected chi connectivity index (χ3v) is 3.76. The highest BCUT2D eigenvalue weighted by molar-refractivity contribution is 6.31. The van der Waals surface area contributed by atoms with Gasteiger partial charge in [0.05, 0.1) is 12.5 Å². The summed E-state index contributed by atoms with van der Waals surface area (Å²) in [4.78, 5) is 24.8. The number of hydrogen-bond donors (Lipinski definition) is 0. The topological polar surface area (TPSA) is 78.3 Å². The molecule has 0 radical (unpaired) electrons. The molecule has 0 spiro atoms. The van der Waals surface area contributed by atoms with Gasteiger partial charge in [0.2, 0.25) is 0 Å². The minimum atomic E-state index is -1.39. The summed E-state index contributed by atoms with van der Waals surface area (Å²) in [5.41, 5.74) is 0.881. The molecule has 0 N–H and O–H groups in total. The molecule has 0 fully saturated rings. The second kappa shape index (κ2) is 5.21. The van der Waals surface area contributed by atoms with Crippen LogP contribution in [-0.4, -0.2) is 33.1 Å². The number of rotatable bonds is 3. The van der Waals surface area contributed by atoms with Crippen molar-refractivity contribution in [3.05, 3.63) is 52.3 Å². The molecule has 3 rings (SSSR count). The molecular weight excluding hydrogens is 294 g/mol. The molecule has 0 saturated heterocycles. The van der Waals surface area contributed by atoms with Crippen molar-refractivity contribution in [1.82, 2.24) is 14.7 Å². The van der Waals surface area contributed by atoms with Gasteiger partial charge in [0.15, 0.2) is 0 Å². The average Bonchev–Trinajstić information content (AvgIpc) is 2.89. The first-order valence-electron chi connectivity index (χ1n) is 6.38. The van der Waals surface area contributed by atoms with Crippen molar-refractivity contribution in [2.75, 3.05) is 6.54 Å². The molecule has 6 nitrogen and oxygen atoms in total. The number of amides is 1. The van der Waals surface area contributed by atoms with Crippen molar-refractivity contribution in [2.45, 2.75) is 13.1 Å². The lowest BCUT2D eigenvalue weighted by Crippen LogP contribution is -2.39. The average molecular weight is 305 g/mol. The van der Waals surface area contributed by atoms with E-state index in [-0.39, 0.29) is 17.3 Å². The molecule has 1 aromatic heterocycles. The monoisotopic (exact) mass is 304 g/mol. The van der Waals surface area contributed by atoms with Crippen LogP contribution in [0.3, 0.4) is 0 Å². The number of carboxylic acid groups (broad SMARTS) is 1. The van der Waals surface area contributed by atoms with E-state index < -0.39 is 5.97 Å². The lowest BCUT2D eigenvalue weighted by atomic mass is 10.2. The van der Waals surface area contributed by atoms with Crippen LogP contribution in [0, 0.1) is 0 Å². The van der Waals surface area contributed by atoms with Crippen molar-refractivity contribution in [2.24, 2.45) is 0 Å². The lowest BCUT2D eigenvalue weighted by molar-refractivity contribution is -0.255. The Labute approximate surface area is 125 Å². The third kappa shape index (κ3) is 2.50. The minimum absolute atomic E-state index is 0.224. The SMILES string of the molecule is O=C([O-])c1cc2n(n1)CCN(Cc1ccccc1Cl)C2=O. The molecular formula is C14H11ClN3O3-. The van der Waals surface area contributed by atoms with Crippen LogP contribution in [-0.2, 0) is 13.1 Å². The summed E-state index contributed by atoms with van der Waals surface area (Å²) in [6.07, 6.45) is 0. The number of benzene rings is 1. The summed E-state index contributed by atoms with van der Waals surface area (Å²) in [6.45, 7) is 1.27. The second-order valence-electron chi connectivity index (χ2n) is 4.74. The Morgan fingerprint density at radius 2 is 2.10 bits per heavy atom. The van der Waals surface area contributed by atoms with E-state index >= 15 is 0 Å². The van der Waals surface area contributed by atoms with E-state index in [0.29, 0.717) is 24.7 Å². The zero-order valence-electron chi connectivity index (χ0n) is 11.0. The molecule has 2 aromatic rings. The first-order chi connectivity index (χ1) is 10.1. The van der Waals surface area contributed by atoms with Crippen LogP contribution >= 0.6 is 11.6 Å². The van der Waals surface area contributed by atoms with Gasteiger partial charge in [0.1, 0.15) is 11.4 Å². The maximum atomic E-state index is 12.4. The first-order valence-corrected chi connectivity index (χ1v) is 6.76. The van der Waals surface area contributed by atoms with Crippen LogP contribution in [0.1, 0.15) is 26.5 Å². The zero-order valence-corrected chi connectivity index (χ0v) is 11.7. The molecule has 1 aliphatic rings. The first kappa shape index (κ1) is 13.6. The quantitative estimate of drug-likeness (QED) is 0.830. The van der Waals surface area contributed by atoms with Gasteiger partial charge in [0, 0.05) is 18.1 Å². The highest BCUT2D eigenvalue weighted by Crippen LogP contribution is 2.20. The van der Waals surface area contributed by atoms with Gasteiger partial charge in [-0.2, -0.15) is 5.10 Å². The van der Waals surface area contributed by atoms with E-state index in [4.69, 9.17) is 11.6 Å². The number of aromatic carboxylic acids is 1. The van der Waals surface area contributed by atoms with Gasteiger partial charge in [-0.1, -0.05) is 29.8 Å². The van der Waals surface area contributed by atoms with Crippen molar-refractivity contribution in [3.63, 3.8) is 0 Å². The smallest absolute Gasteiger partial charge is 0.272 e. The lowest BCUT2D eigenvalue weighted by Gasteiger charge is -2.27. The van der Waals surface area contributed by atoms with Crippen molar-refractivity contribution < 1.29 is 14.7 Å². The Balaban J connectivity index is 1.85. The molecule has 0 unspecified atom stereocenters. The number of halogens is 1. The number of carbonyl (C=O) groups excluding carboxylic acids is 2. The van der Waals surface area contributed by atoms with E-state index in [1.165, 1.54) is 10.7 Å². The Morgan fingerprint density at radius 3 is 2.81 bits per heavy atom. The third-order valence-electron chi connectivity index (χ3n) is 3.40. The molecule has 1 aromatic carbocycles. The summed E-state index contributed by atoms with van der Waals surface area (Å²) < 4.78 is 1.40. The van der Waals surface area contributed by atoms with E-state index in [9.17, 15) is 14.7 Å². The maximum absolute atomic E-state index is 12.4. The molecule has 2 heterocycles. The summed E-state index contributed by atoms with van der Waals surface area (Å²) in [5, 5.41) is 15.3. The maximum Gasteiger partial charge on any atom is 0.272 e. The van der Waals surface area contributed by atoms with E-state index in [1.807, 2.05) is 18.2 Å². The van der Waals surface area contributed by atoms with E-state index in [0.717, 1.165) is 5.56 Å². The predicted octanol–water partition coefficient (Wildman–Crippen LogP) is 0.556. The fourth-order valence-corrected chi connectivity index (χ4v) is 2.52. The van der Waals surface area contributed by atoms with Gasteiger partial charge in [-0.3, -0.25) is 9.48 Å². The number of nitrogens with zero attached hydrogens (tertiary/aromatic N) is 3. The number of fused-ring (bicyclic) bond motifs is 1. The van der Waals surface area contributed by atoms with Gasteiger partial charge in [-0.05, 0) is 17.7 Å². The number of carbonyl (C=O) groups is 2. The molecule has 1 amide bonds. The van der Waals surface area contributed by atoms with Crippen LogP contribution in [0.4, 0.5) is 0 Å². The standard InChI is InChI=1S/C14H12ClN3O3/c15-10-4-2-1-3-9(10)8-17-5-6-18-12(13(17)19)7-11(16-18)14(20)21/h1-4,7H,5-6,8H2,(H,20,21)/p-1. The summed E-state index contributed by atoms with van der Waals surface area (Å²) >= 11 is 6.10. The number of aromatic nitrogens is 2. The molecule has 0 aliphatic carbocycles. The second-order valence-corrected chi connectivity index (χ2v) is 5.15. The molecule has 7 heteroatoms. The van der Waals surface area contributed by atoms with E-state index in [1.54, 1.807) is 11.0 Å². The Morgan fingerprint density at radius 1 is 1.33 bits per heavy atom. The van der Waals surface area contributed by atoms with Crippen molar-refractivity contribution >= 4 is 23.5 Å². The Kier molecular flexibility index (Phi) is 3.39. The molecule has 0 saturated carbocycles. The zero-order chi connectivity index (χ0) is 15.0. The van der Waals surface area contributed by atoms with Crippen molar-refractivity contribution in [1.29, 1.82) is 0 Å². The Hall–Kier alpha value is -2.34. The summed E-state index contributed by atoms with van der Waals surface area (Å²) in [6, 6.07) is 8.55. The van der Waals surface area contributed by atoms with Gasteiger partial charge < -0.3 is 14.8 Å². The van der Waals surface area contributed by atoms with Crippen LogP contribution < -0.4 is 5.11 Å². The summed E-state index contributed by atoms with van der Waals surface area (Å²) in [7, 11) is 0. The predicted molar refractivity (Wildman–Crippen MR) is 72.8 cm³/mol. The van der Waals surface area contributed by atoms with Gasteiger partial charge >= 0.3 is 0 Å². The fourth-order valence-electron chi connectivity index (χ4n) is 2.32. The Bertz CT molecular complexity index is 726. The fraction of sp³-hybridized carbons (Fsp3) is 0.214. The molecule has 0 atom stereocenters. The van der Waals surface area contributed by atoms with Gasteiger partial charge in [0.25, 0.3) is 5.91 Å². The van der Waals surface area contributed by atoms with Crippen molar-refractivity contribution in [3.8, 4) is 0 Å². The van der Waals surface area contributed by atoms with Gasteiger partial charge in [-0.15, -0.1) is 0 Å². The highest BCUT2D eigenvalue weighted by atomic mass is 35.5. The molecule has 108 valence electrons.